The molecule has 202 valence electrons. The average Bonchev–Trinajstić information content (AvgIpc) is 3.50. The molecule has 0 amide bonds. The monoisotopic (exact) mass is 520 g/mol. The second-order valence-electron chi connectivity index (χ2n) is 9.84. The Hall–Kier alpha value is -3.70. The van der Waals surface area contributed by atoms with Crippen LogP contribution in [0, 0.1) is 6.92 Å². The van der Waals surface area contributed by atoms with Crippen LogP contribution >= 0.6 is 0 Å². The molecule has 38 heavy (non-hydrogen) atoms. The molecular weight excluding hydrogens is 484 g/mol. The highest BCUT2D eigenvalue weighted by Crippen LogP contribution is 2.35. The van der Waals surface area contributed by atoms with Crippen LogP contribution in [0.3, 0.4) is 0 Å². The molecule has 0 aromatic carbocycles. The number of nitrogens with zero attached hydrogens (tertiary/aromatic N) is 7. The van der Waals surface area contributed by atoms with E-state index in [0.717, 1.165) is 45.7 Å². The molecule has 2 bridgehead atoms. The Morgan fingerprint density at radius 3 is 2.82 bits per heavy atom. The van der Waals surface area contributed by atoms with Crippen LogP contribution in [0.2, 0.25) is 0 Å². The number of aromatic nitrogens is 7. The molecular formula is C27H36N8O3. The third-order valence-corrected chi connectivity index (χ3v) is 6.75. The van der Waals surface area contributed by atoms with E-state index in [2.05, 4.69) is 45.1 Å². The molecule has 5 heterocycles. The fourth-order valence-electron chi connectivity index (χ4n) is 5.03. The van der Waals surface area contributed by atoms with Crippen LogP contribution in [0.25, 0.3) is 34.3 Å². The van der Waals surface area contributed by atoms with Gasteiger partial charge in [-0.3, -0.25) is 14.7 Å². The maximum absolute atomic E-state index is 10.2. The van der Waals surface area contributed by atoms with E-state index in [1.165, 1.54) is 0 Å². The Morgan fingerprint density at radius 2 is 2.08 bits per heavy atom. The molecule has 2 atom stereocenters. The molecule has 11 nitrogen and oxygen atoms in total. The zero-order chi connectivity index (χ0) is 27.0. The van der Waals surface area contributed by atoms with Gasteiger partial charge < -0.3 is 14.6 Å². The van der Waals surface area contributed by atoms with Crippen LogP contribution in [-0.4, -0.2) is 76.7 Å². The minimum atomic E-state index is -0.557. The zero-order valence-corrected chi connectivity index (χ0v) is 22.9. The molecule has 2 N–H and O–H groups in total. The van der Waals surface area contributed by atoms with Crippen LogP contribution in [0.4, 0.5) is 0 Å². The number of hydrogen-bond donors (Lipinski definition) is 2. The molecule has 0 unspecified atom stereocenters. The maximum Gasteiger partial charge on any atom is 0.240 e. The second kappa shape index (κ2) is 10.6. The van der Waals surface area contributed by atoms with Crippen LogP contribution < -0.4 is 9.47 Å². The van der Waals surface area contributed by atoms with Gasteiger partial charge in [-0.05, 0) is 52.5 Å². The van der Waals surface area contributed by atoms with E-state index in [0.29, 0.717) is 43.6 Å². The van der Waals surface area contributed by atoms with Crippen molar-refractivity contribution in [2.45, 2.75) is 59.9 Å². The van der Waals surface area contributed by atoms with E-state index in [1.54, 1.807) is 11.6 Å². The van der Waals surface area contributed by atoms with E-state index in [1.807, 2.05) is 43.9 Å². The number of nitrogens with one attached hydrogen (secondary N) is 1. The van der Waals surface area contributed by atoms with Gasteiger partial charge in [-0.15, -0.1) is 5.10 Å². The number of ether oxygens (including phenoxy) is 2. The van der Waals surface area contributed by atoms with Crippen molar-refractivity contribution in [3.8, 4) is 22.9 Å². The van der Waals surface area contributed by atoms with Crippen molar-refractivity contribution in [1.82, 2.24) is 39.6 Å². The maximum atomic E-state index is 10.2. The number of aliphatic hydroxyl groups excluding tert-OH is 1. The van der Waals surface area contributed by atoms with Gasteiger partial charge in [0.05, 0.1) is 47.5 Å². The minimum absolute atomic E-state index is 0.117. The fourth-order valence-corrected chi connectivity index (χ4v) is 5.03. The lowest BCUT2D eigenvalue weighted by atomic mass is 10.1. The Kier molecular flexibility index (Phi) is 7.22. The molecule has 1 aliphatic rings. The van der Waals surface area contributed by atoms with Gasteiger partial charge in [-0.2, -0.15) is 10.2 Å². The molecule has 1 aliphatic heterocycles. The van der Waals surface area contributed by atoms with E-state index in [9.17, 15) is 5.11 Å². The van der Waals surface area contributed by atoms with Crippen molar-refractivity contribution in [1.29, 1.82) is 0 Å². The van der Waals surface area contributed by atoms with E-state index < -0.39 is 6.10 Å². The molecule has 0 aliphatic carbocycles. The quantitative estimate of drug-likeness (QED) is 0.411. The van der Waals surface area contributed by atoms with Gasteiger partial charge in [-0.1, -0.05) is 6.92 Å². The molecule has 5 rings (SSSR count). The molecule has 0 fully saturated rings. The van der Waals surface area contributed by atoms with E-state index in [-0.39, 0.29) is 6.10 Å². The minimum Gasteiger partial charge on any atom is -0.476 e. The summed E-state index contributed by atoms with van der Waals surface area (Å²) in [5, 5.41) is 28.0. The van der Waals surface area contributed by atoms with Gasteiger partial charge in [0.25, 0.3) is 0 Å². The summed E-state index contributed by atoms with van der Waals surface area (Å²) in [4.78, 5) is 6.93. The summed E-state index contributed by atoms with van der Waals surface area (Å²) in [6, 6.07) is 2.08. The molecule has 4 aromatic heterocycles. The third kappa shape index (κ3) is 4.91. The lowest BCUT2D eigenvalue weighted by Gasteiger charge is -2.26. The van der Waals surface area contributed by atoms with Crippen LogP contribution in [-0.2, 0) is 20.1 Å². The van der Waals surface area contributed by atoms with Crippen molar-refractivity contribution < 1.29 is 14.6 Å². The van der Waals surface area contributed by atoms with E-state index >= 15 is 0 Å². The summed E-state index contributed by atoms with van der Waals surface area (Å²) in [7, 11) is 1.90. The molecule has 0 spiro atoms. The van der Waals surface area contributed by atoms with Gasteiger partial charge >= 0.3 is 0 Å². The normalized spacial score (nSPS) is 17.9. The first-order chi connectivity index (χ1) is 18.3. The van der Waals surface area contributed by atoms with E-state index in [4.69, 9.17) is 14.6 Å². The lowest BCUT2D eigenvalue weighted by Crippen LogP contribution is -2.35. The zero-order valence-electron chi connectivity index (χ0n) is 22.9. The highest BCUT2D eigenvalue weighted by Gasteiger charge is 2.24. The number of pyridine rings is 1. The van der Waals surface area contributed by atoms with Gasteiger partial charge in [-0.25, -0.2) is 9.67 Å². The SMILES string of the molecule is CCOc1nn(C[C@H](C)O)c2c1/C=C/c1[nH]nc3ncc(cc13)-c1c(C)nn(C)c1O[C@@H](C)CN(CC)C2. The summed E-state index contributed by atoms with van der Waals surface area (Å²) in [6.45, 7) is 12.9. The van der Waals surface area contributed by atoms with Crippen molar-refractivity contribution in [2.75, 3.05) is 19.7 Å². The fraction of sp³-hybridized carbons (Fsp3) is 0.481. The Bertz CT molecular complexity index is 1460. The van der Waals surface area contributed by atoms with Crippen LogP contribution in [0.15, 0.2) is 12.3 Å². The standard InChI is InChI=1S/C27H36N8O3/c1-7-34-14-17(4)38-27-24(18(5)31-33(27)6)19-11-21-22(29-30-25(21)28-12-19)10-9-20-23(15-34)35(13-16(3)36)32-26(20)37-8-2/h9-12,16-17,36H,7-8,13-15H2,1-6H3,(H,28,29,30)/b10-9+/t16-,17-/m0/s1. The number of hydrogen-bond acceptors (Lipinski definition) is 8. The summed E-state index contributed by atoms with van der Waals surface area (Å²) >= 11 is 0. The Morgan fingerprint density at radius 1 is 1.26 bits per heavy atom. The number of aliphatic hydroxyl groups is 1. The molecule has 0 saturated heterocycles. The van der Waals surface area contributed by atoms with Crippen molar-refractivity contribution >= 4 is 23.2 Å². The summed E-state index contributed by atoms with van der Waals surface area (Å²) in [6.07, 6.45) is 5.15. The molecule has 11 heteroatoms. The summed E-state index contributed by atoms with van der Waals surface area (Å²) < 4.78 is 16.1. The first-order valence-corrected chi connectivity index (χ1v) is 13.1. The smallest absolute Gasteiger partial charge is 0.240 e. The number of H-pyrrole nitrogens is 1. The van der Waals surface area contributed by atoms with Crippen molar-refractivity contribution in [2.24, 2.45) is 7.05 Å². The number of rotatable bonds is 5. The molecule has 0 radical (unpaired) electrons. The predicted octanol–water partition coefficient (Wildman–Crippen LogP) is 3.42. The van der Waals surface area contributed by atoms with Gasteiger partial charge in [0.15, 0.2) is 5.65 Å². The number of fused-ring (bicyclic) bond motifs is 4. The largest absolute Gasteiger partial charge is 0.476 e. The number of aryl methyl sites for hydroxylation is 2. The van der Waals surface area contributed by atoms with Crippen LogP contribution in [0.1, 0.15) is 50.3 Å². The predicted molar refractivity (Wildman–Crippen MR) is 146 cm³/mol. The number of likely N-dealkylation sites (N-methyl/N-ethyl adjacent to an activating group) is 1. The van der Waals surface area contributed by atoms with Gasteiger partial charge in [0.1, 0.15) is 6.10 Å². The van der Waals surface area contributed by atoms with Crippen molar-refractivity contribution in [3.05, 3.63) is 34.9 Å². The van der Waals surface area contributed by atoms with Crippen molar-refractivity contribution in [3.63, 3.8) is 0 Å². The Balaban J connectivity index is 1.71. The van der Waals surface area contributed by atoms with Gasteiger partial charge in [0.2, 0.25) is 11.8 Å². The van der Waals surface area contributed by atoms with Gasteiger partial charge in [0, 0.05) is 37.3 Å². The first-order valence-electron chi connectivity index (χ1n) is 13.1. The topological polar surface area (TPSA) is 119 Å². The highest BCUT2D eigenvalue weighted by molar-refractivity contribution is 5.91. The van der Waals surface area contributed by atoms with Crippen LogP contribution in [0.5, 0.6) is 11.8 Å². The molecule has 0 saturated carbocycles. The Labute approximate surface area is 222 Å². The lowest BCUT2D eigenvalue weighted by molar-refractivity contribution is 0.131. The summed E-state index contributed by atoms with van der Waals surface area (Å²) in [5.74, 6) is 1.25. The highest BCUT2D eigenvalue weighted by atomic mass is 16.5. The average molecular weight is 521 g/mol. The first kappa shape index (κ1) is 25.9. The molecule has 4 aromatic rings. The number of aromatic amines is 1. The second-order valence-corrected chi connectivity index (χ2v) is 9.84. The summed E-state index contributed by atoms with van der Waals surface area (Å²) in [5.41, 5.74) is 6.02. The third-order valence-electron chi connectivity index (χ3n) is 6.75.